The van der Waals surface area contributed by atoms with Crippen LogP contribution in [-0.4, -0.2) is 46.7 Å². The van der Waals surface area contributed by atoms with Crippen LogP contribution < -0.4 is 5.32 Å². The molecule has 4 aromatic rings. The minimum Gasteiger partial charge on any atom is -0.456 e. The van der Waals surface area contributed by atoms with Gasteiger partial charge in [-0.05, 0) is 26.2 Å². The molecule has 0 spiro atoms. The van der Waals surface area contributed by atoms with E-state index in [9.17, 15) is 0 Å². The summed E-state index contributed by atoms with van der Waals surface area (Å²) in [7, 11) is 4.10. The van der Waals surface area contributed by atoms with Gasteiger partial charge in [-0.3, -0.25) is 0 Å². The fourth-order valence-electron chi connectivity index (χ4n) is 2.68. The quantitative estimate of drug-likeness (QED) is 0.612. The van der Waals surface area contributed by atoms with Gasteiger partial charge in [0.2, 0.25) is 0 Å². The first-order chi connectivity index (χ1) is 11.7. The molecule has 0 unspecified atom stereocenters. The van der Waals surface area contributed by atoms with Gasteiger partial charge in [0.1, 0.15) is 17.2 Å². The van der Waals surface area contributed by atoms with Crippen molar-refractivity contribution >= 4 is 22.4 Å². The van der Waals surface area contributed by atoms with E-state index in [0.29, 0.717) is 0 Å². The minimum absolute atomic E-state index is 0.786. The third-order valence-electron chi connectivity index (χ3n) is 3.92. The van der Waals surface area contributed by atoms with E-state index in [1.807, 2.05) is 42.6 Å². The summed E-state index contributed by atoms with van der Waals surface area (Å²) in [5.74, 6) is 1.59. The van der Waals surface area contributed by atoms with E-state index >= 15 is 0 Å². The molecule has 0 bridgehead atoms. The predicted octanol–water partition coefficient (Wildman–Crippen LogP) is 3.12. The van der Waals surface area contributed by atoms with Gasteiger partial charge in [0.25, 0.3) is 0 Å². The van der Waals surface area contributed by atoms with Crippen molar-refractivity contribution in [1.82, 2.24) is 19.5 Å². The van der Waals surface area contributed by atoms with Crippen LogP contribution in [0.5, 0.6) is 0 Å². The summed E-state index contributed by atoms with van der Waals surface area (Å²) < 4.78 is 7.78. The van der Waals surface area contributed by atoms with E-state index in [0.717, 1.165) is 46.8 Å². The Morgan fingerprint density at radius 3 is 2.92 bits per heavy atom. The van der Waals surface area contributed by atoms with E-state index in [1.165, 1.54) is 0 Å². The molecule has 0 radical (unpaired) electrons. The summed E-state index contributed by atoms with van der Waals surface area (Å²) in [5.41, 5.74) is 2.58. The topological polar surface area (TPSA) is 58.6 Å². The number of para-hydroxylation sites is 1. The lowest BCUT2D eigenvalue weighted by Crippen LogP contribution is -2.21. The molecule has 0 saturated heterocycles. The van der Waals surface area contributed by atoms with Crippen LogP contribution >= 0.6 is 0 Å². The fourth-order valence-corrected chi connectivity index (χ4v) is 2.68. The number of fused-ring (bicyclic) bond motifs is 2. The number of furan rings is 1. The van der Waals surface area contributed by atoms with Gasteiger partial charge < -0.3 is 14.6 Å². The van der Waals surface area contributed by atoms with Crippen molar-refractivity contribution in [2.24, 2.45) is 0 Å². The molecule has 122 valence electrons. The standard InChI is InChI=1S/C18H19N5O/c1-22(2)10-9-19-18-14(12-23-17(21-18)7-8-20-23)16-11-13-5-3-4-6-15(13)24-16/h3-8,11-12H,9-10H2,1-2H3,(H,19,21). The molecule has 0 aliphatic carbocycles. The minimum atomic E-state index is 0.786. The molecule has 3 heterocycles. The van der Waals surface area contributed by atoms with Crippen LogP contribution in [0.3, 0.4) is 0 Å². The molecule has 0 aliphatic rings. The smallest absolute Gasteiger partial charge is 0.157 e. The van der Waals surface area contributed by atoms with Crippen LogP contribution in [0.2, 0.25) is 0 Å². The normalized spacial score (nSPS) is 11.6. The molecule has 0 amide bonds. The first kappa shape index (κ1) is 14.7. The highest BCUT2D eigenvalue weighted by atomic mass is 16.3. The molecule has 4 rings (SSSR count). The Labute approximate surface area is 139 Å². The van der Waals surface area contributed by atoms with Gasteiger partial charge in [0.15, 0.2) is 5.65 Å². The van der Waals surface area contributed by atoms with Crippen LogP contribution in [-0.2, 0) is 0 Å². The Morgan fingerprint density at radius 1 is 1.21 bits per heavy atom. The van der Waals surface area contributed by atoms with Crippen molar-refractivity contribution in [2.75, 3.05) is 32.5 Å². The Morgan fingerprint density at radius 2 is 2.08 bits per heavy atom. The van der Waals surface area contributed by atoms with Crippen LogP contribution in [0.4, 0.5) is 5.82 Å². The Balaban J connectivity index is 1.79. The van der Waals surface area contributed by atoms with Gasteiger partial charge in [-0.25, -0.2) is 9.50 Å². The van der Waals surface area contributed by atoms with E-state index in [1.54, 1.807) is 10.7 Å². The first-order valence-corrected chi connectivity index (χ1v) is 7.93. The highest BCUT2D eigenvalue weighted by molar-refractivity contribution is 5.85. The van der Waals surface area contributed by atoms with Crippen molar-refractivity contribution in [2.45, 2.75) is 0 Å². The van der Waals surface area contributed by atoms with Crippen molar-refractivity contribution < 1.29 is 4.42 Å². The predicted molar refractivity (Wildman–Crippen MR) is 95.2 cm³/mol. The summed E-state index contributed by atoms with van der Waals surface area (Å²) in [5, 5.41) is 8.78. The second kappa shape index (κ2) is 5.98. The average Bonchev–Trinajstić information content (AvgIpc) is 3.19. The molecule has 1 aromatic carbocycles. The number of likely N-dealkylation sites (N-methyl/N-ethyl adjacent to an activating group) is 1. The van der Waals surface area contributed by atoms with Gasteiger partial charge in [0.05, 0.1) is 11.8 Å². The Hall–Kier alpha value is -2.86. The molecular formula is C18H19N5O. The van der Waals surface area contributed by atoms with Gasteiger partial charge in [0, 0.05) is 30.7 Å². The monoisotopic (exact) mass is 321 g/mol. The third-order valence-corrected chi connectivity index (χ3v) is 3.92. The van der Waals surface area contributed by atoms with Crippen LogP contribution in [0, 0.1) is 0 Å². The zero-order chi connectivity index (χ0) is 16.5. The third kappa shape index (κ3) is 2.72. The summed E-state index contributed by atoms with van der Waals surface area (Å²) in [6.07, 6.45) is 3.70. The highest BCUT2D eigenvalue weighted by Gasteiger charge is 2.14. The highest BCUT2D eigenvalue weighted by Crippen LogP contribution is 2.32. The summed E-state index contributed by atoms with van der Waals surface area (Å²) in [6.45, 7) is 1.73. The summed E-state index contributed by atoms with van der Waals surface area (Å²) in [4.78, 5) is 6.82. The number of rotatable bonds is 5. The number of hydrogen-bond acceptors (Lipinski definition) is 5. The maximum Gasteiger partial charge on any atom is 0.157 e. The second-order valence-electron chi connectivity index (χ2n) is 6.02. The number of nitrogens with one attached hydrogen (secondary N) is 1. The SMILES string of the molecule is CN(C)CCNc1nc2ccnn2cc1-c1cc2ccccc2o1. The van der Waals surface area contributed by atoms with Crippen LogP contribution in [0.15, 0.2) is 53.2 Å². The summed E-state index contributed by atoms with van der Waals surface area (Å²) >= 11 is 0. The largest absolute Gasteiger partial charge is 0.456 e. The van der Waals surface area contributed by atoms with Crippen molar-refractivity contribution in [1.29, 1.82) is 0 Å². The molecule has 1 N–H and O–H groups in total. The van der Waals surface area contributed by atoms with Crippen molar-refractivity contribution in [3.05, 3.63) is 48.8 Å². The maximum absolute atomic E-state index is 6.02. The molecule has 0 saturated carbocycles. The Kier molecular flexibility index (Phi) is 3.66. The molecule has 0 atom stereocenters. The molecule has 6 nitrogen and oxygen atoms in total. The van der Waals surface area contributed by atoms with Crippen LogP contribution in [0.25, 0.3) is 27.9 Å². The number of nitrogens with zero attached hydrogens (tertiary/aromatic N) is 4. The maximum atomic E-state index is 6.02. The summed E-state index contributed by atoms with van der Waals surface area (Å²) in [6, 6.07) is 11.9. The molecule has 0 fully saturated rings. The van der Waals surface area contributed by atoms with E-state index in [2.05, 4.69) is 34.4 Å². The van der Waals surface area contributed by atoms with Crippen molar-refractivity contribution in [3.8, 4) is 11.3 Å². The number of aromatic nitrogens is 3. The average molecular weight is 321 g/mol. The van der Waals surface area contributed by atoms with E-state index in [-0.39, 0.29) is 0 Å². The second-order valence-corrected chi connectivity index (χ2v) is 6.02. The number of hydrogen-bond donors (Lipinski definition) is 1. The zero-order valence-electron chi connectivity index (χ0n) is 13.7. The fraction of sp³-hybridized carbons (Fsp3) is 0.222. The lowest BCUT2D eigenvalue weighted by Gasteiger charge is -2.13. The number of benzene rings is 1. The van der Waals surface area contributed by atoms with Gasteiger partial charge >= 0.3 is 0 Å². The molecule has 3 aromatic heterocycles. The van der Waals surface area contributed by atoms with Crippen LogP contribution in [0.1, 0.15) is 0 Å². The number of anilines is 1. The van der Waals surface area contributed by atoms with Gasteiger partial charge in [-0.2, -0.15) is 5.10 Å². The van der Waals surface area contributed by atoms with Gasteiger partial charge in [-0.15, -0.1) is 0 Å². The molecule has 0 aliphatic heterocycles. The first-order valence-electron chi connectivity index (χ1n) is 7.93. The Bertz CT molecular complexity index is 952. The molecular weight excluding hydrogens is 302 g/mol. The lowest BCUT2D eigenvalue weighted by molar-refractivity contribution is 0.425. The lowest BCUT2D eigenvalue weighted by atomic mass is 10.2. The molecule has 6 heteroatoms. The zero-order valence-corrected chi connectivity index (χ0v) is 13.7. The van der Waals surface area contributed by atoms with Gasteiger partial charge in [-0.1, -0.05) is 18.2 Å². The van der Waals surface area contributed by atoms with E-state index in [4.69, 9.17) is 4.42 Å². The molecule has 24 heavy (non-hydrogen) atoms. The van der Waals surface area contributed by atoms with Crippen molar-refractivity contribution in [3.63, 3.8) is 0 Å². The van der Waals surface area contributed by atoms with E-state index < -0.39 is 0 Å².